The van der Waals surface area contributed by atoms with E-state index in [0.29, 0.717) is 0 Å². The average molecular weight is 253 g/mol. The number of thiophene rings is 1. The Morgan fingerprint density at radius 2 is 2.00 bits per heavy atom. The average Bonchev–Trinajstić information content (AvgIpc) is 2.76. The van der Waals surface area contributed by atoms with Gasteiger partial charge < -0.3 is 4.74 Å². The number of nitrogens with zero attached hydrogens (tertiary/aromatic N) is 1. The van der Waals surface area contributed by atoms with Crippen LogP contribution in [0, 0.1) is 6.92 Å². The molecule has 0 saturated carbocycles. The molecule has 0 N–H and O–H groups in total. The standard InChI is InChI=1S/C13H19NO2S/c1-10-4-5-11(17-10)12(15)13(2,3)14-6-8-16-9-7-14/h4-5H,6-9H2,1-3H3. The summed E-state index contributed by atoms with van der Waals surface area (Å²) in [4.78, 5) is 16.8. The van der Waals surface area contributed by atoms with Gasteiger partial charge in [0.2, 0.25) is 0 Å². The van der Waals surface area contributed by atoms with Crippen molar-refractivity contribution in [2.75, 3.05) is 26.3 Å². The number of Topliss-reactive ketones (excluding diaryl/α,β-unsaturated/α-hetero) is 1. The first-order chi connectivity index (χ1) is 8.01. The van der Waals surface area contributed by atoms with Crippen molar-refractivity contribution in [1.82, 2.24) is 4.90 Å². The summed E-state index contributed by atoms with van der Waals surface area (Å²) in [6.45, 7) is 9.17. The van der Waals surface area contributed by atoms with E-state index in [9.17, 15) is 4.79 Å². The van der Waals surface area contributed by atoms with Gasteiger partial charge in [0.1, 0.15) is 0 Å². The van der Waals surface area contributed by atoms with Crippen LogP contribution in [0.1, 0.15) is 28.4 Å². The first-order valence-corrected chi connectivity index (χ1v) is 6.77. The molecule has 17 heavy (non-hydrogen) atoms. The number of hydrogen-bond donors (Lipinski definition) is 0. The maximum atomic E-state index is 12.5. The molecule has 3 nitrogen and oxygen atoms in total. The van der Waals surface area contributed by atoms with Crippen LogP contribution < -0.4 is 0 Å². The molecule has 1 aromatic heterocycles. The second kappa shape index (κ2) is 4.88. The predicted molar refractivity (Wildman–Crippen MR) is 69.9 cm³/mol. The number of ether oxygens (including phenoxy) is 1. The number of carbonyl (C=O) groups is 1. The van der Waals surface area contributed by atoms with Gasteiger partial charge in [-0.05, 0) is 32.9 Å². The molecule has 4 heteroatoms. The van der Waals surface area contributed by atoms with E-state index in [1.54, 1.807) is 11.3 Å². The molecule has 0 radical (unpaired) electrons. The largest absolute Gasteiger partial charge is 0.379 e. The summed E-state index contributed by atoms with van der Waals surface area (Å²) in [6.07, 6.45) is 0. The van der Waals surface area contributed by atoms with Gasteiger partial charge in [0.25, 0.3) is 0 Å². The van der Waals surface area contributed by atoms with Gasteiger partial charge in [0.05, 0.1) is 23.6 Å². The molecule has 1 saturated heterocycles. The van der Waals surface area contributed by atoms with Crippen LogP contribution in [-0.2, 0) is 4.74 Å². The molecule has 0 spiro atoms. The van der Waals surface area contributed by atoms with E-state index in [1.807, 2.05) is 32.9 Å². The highest BCUT2D eigenvalue weighted by atomic mass is 32.1. The molecule has 1 fully saturated rings. The Hall–Kier alpha value is -0.710. The predicted octanol–water partition coefficient (Wildman–Crippen LogP) is 2.35. The zero-order chi connectivity index (χ0) is 12.5. The third-order valence-corrected chi connectivity index (χ3v) is 4.32. The summed E-state index contributed by atoms with van der Waals surface area (Å²) in [6, 6.07) is 3.94. The van der Waals surface area contributed by atoms with Crippen molar-refractivity contribution in [3.63, 3.8) is 0 Å². The zero-order valence-corrected chi connectivity index (χ0v) is 11.5. The van der Waals surface area contributed by atoms with E-state index in [-0.39, 0.29) is 5.78 Å². The molecule has 1 aliphatic heterocycles. The minimum atomic E-state index is -0.429. The van der Waals surface area contributed by atoms with Crippen LogP contribution in [0.4, 0.5) is 0 Å². The van der Waals surface area contributed by atoms with Crippen LogP contribution in [0.3, 0.4) is 0 Å². The fourth-order valence-corrected chi connectivity index (χ4v) is 3.09. The van der Waals surface area contributed by atoms with Crippen molar-refractivity contribution in [1.29, 1.82) is 0 Å². The molecular formula is C13H19NO2S. The van der Waals surface area contributed by atoms with Gasteiger partial charge in [0, 0.05) is 18.0 Å². The molecule has 1 aliphatic rings. The van der Waals surface area contributed by atoms with Gasteiger partial charge in [-0.25, -0.2) is 0 Å². The molecule has 2 heterocycles. The Balaban J connectivity index is 2.16. The Kier molecular flexibility index (Phi) is 3.66. The van der Waals surface area contributed by atoms with Crippen molar-refractivity contribution >= 4 is 17.1 Å². The van der Waals surface area contributed by atoms with Crippen molar-refractivity contribution in [3.8, 4) is 0 Å². The van der Waals surface area contributed by atoms with Crippen LogP contribution in [0.25, 0.3) is 0 Å². The number of ketones is 1. The summed E-state index contributed by atoms with van der Waals surface area (Å²) < 4.78 is 5.33. The zero-order valence-electron chi connectivity index (χ0n) is 10.7. The quantitative estimate of drug-likeness (QED) is 0.774. The molecule has 1 aromatic rings. The summed E-state index contributed by atoms with van der Waals surface area (Å²) in [5.74, 6) is 0.220. The summed E-state index contributed by atoms with van der Waals surface area (Å²) >= 11 is 1.58. The number of hydrogen-bond acceptors (Lipinski definition) is 4. The lowest BCUT2D eigenvalue weighted by molar-refractivity contribution is -0.00414. The van der Waals surface area contributed by atoms with Crippen molar-refractivity contribution in [2.45, 2.75) is 26.3 Å². The van der Waals surface area contributed by atoms with E-state index in [0.717, 1.165) is 31.2 Å². The SMILES string of the molecule is Cc1ccc(C(=O)C(C)(C)N2CCOCC2)s1. The summed E-state index contributed by atoms with van der Waals surface area (Å²) in [5.41, 5.74) is -0.429. The molecular weight excluding hydrogens is 234 g/mol. The monoisotopic (exact) mass is 253 g/mol. The lowest BCUT2D eigenvalue weighted by atomic mass is 9.95. The highest BCUT2D eigenvalue weighted by Gasteiger charge is 2.36. The van der Waals surface area contributed by atoms with Crippen LogP contribution in [0.2, 0.25) is 0 Å². The van der Waals surface area contributed by atoms with Gasteiger partial charge in [0.15, 0.2) is 5.78 Å². The Morgan fingerprint density at radius 3 is 2.53 bits per heavy atom. The van der Waals surface area contributed by atoms with Crippen LogP contribution in [-0.4, -0.2) is 42.5 Å². The minimum Gasteiger partial charge on any atom is -0.379 e. The molecule has 94 valence electrons. The number of carbonyl (C=O) groups excluding carboxylic acids is 1. The Labute approximate surface area is 106 Å². The number of morpholine rings is 1. The number of aryl methyl sites for hydroxylation is 1. The molecule has 0 amide bonds. The Morgan fingerprint density at radius 1 is 1.35 bits per heavy atom. The van der Waals surface area contributed by atoms with Gasteiger partial charge >= 0.3 is 0 Å². The third-order valence-electron chi connectivity index (χ3n) is 3.32. The van der Waals surface area contributed by atoms with Gasteiger partial charge in [-0.3, -0.25) is 9.69 Å². The van der Waals surface area contributed by atoms with E-state index in [1.165, 1.54) is 4.88 Å². The summed E-state index contributed by atoms with van der Waals surface area (Å²) in [7, 11) is 0. The summed E-state index contributed by atoms with van der Waals surface area (Å²) in [5, 5.41) is 0. The van der Waals surface area contributed by atoms with E-state index in [2.05, 4.69) is 4.90 Å². The molecule has 0 aromatic carbocycles. The fraction of sp³-hybridized carbons (Fsp3) is 0.615. The van der Waals surface area contributed by atoms with Crippen LogP contribution >= 0.6 is 11.3 Å². The smallest absolute Gasteiger partial charge is 0.192 e. The molecule has 0 atom stereocenters. The molecule has 0 bridgehead atoms. The van der Waals surface area contributed by atoms with Crippen molar-refractivity contribution < 1.29 is 9.53 Å². The van der Waals surface area contributed by atoms with Crippen LogP contribution in [0.15, 0.2) is 12.1 Å². The minimum absolute atomic E-state index is 0.220. The van der Waals surface area contributed by atoms with Crippen LogP contribution in [0.5, 0.6) is 0 Å². The van der Waals surface area contributed by atoms with Gasteiger partial charge in [-0.1, -0.05) is 0 Å². The highest BCUT2D eigenvalue weighted by Crippen LogP contribution is 2.25. The first-order valence-electron chi connectivity index (χ1n) is 5.96. The Bertz CT molecular complexity index is 405. The molecule has 0 unspecified atom stereocenters. The lowest BCUT2D eigenvalue weighted by Gasteiger charge is -2.39. The second-order valence-electron chi connectivity index (χ2n) is 4.90. The van der Waals surface area contributed by atoms with E-state index >= 15 is 0 Å². The molecule has 2 rings (SSSR count). The maximum Gasteiger partial charge on any atom is 0.192 e. The third kappa shape index (κ3) is 2.59. The normalized spacial score (nSPS) is 18.3. The lowest BCUT2D eigenvalue weighted by Crippen LogP contribution is -2.54. The second-order valence-corrected chi connectivity index (χ2v) is 6.19. The van der Waals surface area contributed by atoms with Gasteiger partial charge in [-0.2, -0.15) is 0 Å². The van der Waals surface area contributed by atoms with Crippen molar-refractivity contribution in [2.24, 2.45) is 0 Å². The topological polar surface area (TPSA) is 29.5 Å². The van der Waals surface area contributed by atoms with Gasteiger partial charge in [-0.15, -0.1) is 11.3 Å². The van der Waals surface area contributed by atoms with E-state index < -0.39 is 5.54 Å². The van der Waals surface area contributed by atoms with Crippen molar-refractivity contribution in [3.05, 3.63) is 21.9 Å². The number of rotatable bonds is 3. The maximum absolute atomic E-state index is 12.5. The highest BCUT2D eigenvalue weighted by molar-refractivity contribution is 7.14. The first kappa shape index (κ1) is 12.7. The fourth-order valence-electron chi connectivity index (χ4n) is 2.12. The molecule has 0 aliphatic carbocycles. The van der Waals surface area contributed by atoms with E-state index in [4.69, 9.17) is 4.74 Å².